The van der Waals surface area contributed by atoms with Crippen molar-refractivity contribution in [2.45, 2.75) is 24.8 Å². The SMILES string of the molecule is I.NC(=NCCc1cccs1)NC1CC1c1cccc(Cl)c1. The minimum atomic E-state index is 0. The van der Waals surface area contributed by atoms with E-state index in [9.17, 15) is 0 Å². The zero-order valence-corrected chi connectivity index (χ0v) is 15.9. The molecule has 0 amide bonds. The van der Waals surface area contributed by atoms with Gasteiger partial charge in [0.05, 0.1) is 0 Å². The summed E-state index contributed by atoms with van der Waals surface area (Å²) in [6.07, 6.45) is 2.03. The van der Waals surface area contributed by atoms with E-state index in [1.165, 1.54) is 10.4 Å². The first-order chi connectivity index (χ1) is 10.2. The van der Waals surface area contributed by atoms with Gasteiger partial charge >= 0.3 is 0 Å². The molecule has 1 aromatic carbocycles. The van der Waals surface area contributed by atoms with Gasteiger partial charge in [0.1, 0.15) is 0 Å². The topological polar surface area (TPSA) is 50.4 Å². The number of nitrogens with two attached hydrogens (primary N) is 1. The summed E-state index contributed by atoms with van der Waals surface area (Å²) in [5.74, 6) is 1.04. The summed E-state index contributed by atoms with van der Waals surface area (Å²) in [7, 11) is 0. The molecular weight excluding hydrogens is 429 g/mol. The average molecular weight is 448 g/mol. The summed E-state index contributed by atoms with van der Waals surface area (Å²) in [5, 5.41) is 6.16. The Kier molecular flexibility index (Phi) is 6.52. The smallest absolute Gasteiger partial charge is 0.188 e. The Labute approximate surface area is 157 Å². The van der Waals surface area contributed by atoms with Crippen LogP contribution in [0, 0.1) is 0 Å². The molecule has 2 unspecified atom stereocenters. The molecule has 0 aliphatic heterocycles. The summed E-state index contributed by atoms with van der Waals surface area (Å²) in [5.41, 5.74) is 7.21. The lowest BCUT2D eigenvalue weighted by Gasteiger charge is -2.05. The highest BCUT2D eigenvalue weighted by Gasteiger charge is 2.38. The van der Waals surface area contributed by atoms with Crippen LogP contribution >= 0.6 is 46.9 Å². The number of hydrogen-bond donors (Lipinski definition) is 2. The number of nitrogens with one attached hydrogen (secondary N) is 1. The molecule has 0 bridgehead atoms. The summed E-state index contributed by atoms with van der Waals surface area (Å²) in [6, 6.07) is 12.6. The molecule has 3 rings (SSSR count). The number of nitrogens with zero attached hydrogens (tertiary/aromatic N) is 1. The molecule has 1 saturated carbocycles. The number of benzene rings is 1. The zero-order chi connectivity index (χ0) is 14.7. The van der Waals surface area contributed by atoms with Crippen LogP contribution in [-0.4, -0.2) is 18.5 Å². The maximum atomic E-state index is 6.02. The number of rotatable bonds is 5. The largest absolute Gasteiger partial charge is 0.370 e. The lowest BCUT2D eigenvalue weighted by molar-refractivity contribution is 0.844. The third kappa shape index (κ3) is 4.86. The first-order valence-corrected chi connectivity index (χ1v) is 8.32. The molecule has 6 heteroatoms. The highest BCUT2D eigenvalue weighted by molar-refractivity contribution is 14.0. The van der Waals surface area contributed by atoms with Crippen molar-refractivity contribution in [2.75, 3.05) is 6.54 Å². The quantitative estimate of drug-likeness (QED) is 0.413. The highest BCUT2D eigenvalue weighted by Crippen LogP contribution is 2.41. The minimum absolute atomic E-state index is 0. The standard InChI is InChI=1S/C16H18ClN3S.HI/c17-12-4-1-3-11(9-12)14-10-15(14)20-16(18)19-7-6-13-5-2-8-21-13;/h1-5,8-9,14-15H,6-7,10H2,(H3,18,19,20);1H. The van der Waals surface area contributed by atoms with Crippen molar-refractivity contribution in [1.29, 1.82) is 0 Å². The van der Waals surface area contributed by atoms with Gasteiger partial charge in [-0.15, -0.1) is 35.3 Å². The Bertz CT molecular complexity index is 630. The minimum Gasteiger partial charge on any atom is -0.370 e. The van der Waals surface area contributed by atoms with Gasteiger partial charge in [-0.05, 0) is 35.6 Å². The van der Waals surface area contributed by atoms with Crippen LogP contribution in [0.1, 0.15) is 22.8 Å². The molecular formula is C16H19ClIN3S. The monoisotopic (exact) mass is 447 g/mol. The Balaban J connectivity index is 0.00000176. The van der Waals surface area contributed by atoms with Gasteiger partial charge in [0.25, 0.3) is 0 Å². The van der Waals surface area contributed by atoms with Gasteiger partial charge in [-0.3, -0.25) is 4.99 Å². The van der Waals surface area contributed by atoms with E-state index in [0.29, 0.717) is 17.9 Å². The molecule has 1 aromatic heterocycles. The van der Waals surface area contributed by atoms with Crippen molar-refractivity contribution < 1.29 is 0 Å². The van der Waals surface area contributed by atoms with E-state index in [1.54, 1.807) is 11.3 Å². The fourth-order valence-corrected chi connectivity index (χ4v) is 3.33. The lowest BCUT2D eigenvalue weighted by Crippen LogP contribution is -2.34. The molecule has 1 aliphatic carbocycles. The van der Waals surface area contributed by atoms with Gasteiger partial charge in [0, 0.05) is 34.8 Å². The first-order valence-electron chi connectivity index (χ1n) is 7.06. The predicted molar refractivity (Wildman–Crippen MR) is 106 cm³/mol. The van der Waals surface area contributed by atoms with E-state index < -0.39 is 0 Å². The van der Waals surface area contributed by atoms with Gasteiger partial charge in [-0.1, -0.05) is 29.8 Å². The normalized spacial score (nSPS) is 20.3. The van der Waals surface area contributed by atoms with Gasteiger partial charge < -0.3 is 11.1 Å². The summed E-state index contributed by atoms with van der Waals surface area (Å²) < 4.78 is 0. The van der Waals surface area contributed by atoms with E-state index >= 15 is 0 Å². The Morgan fingerprint density at radius 3 is 2.95 bits per heavy atom. The van der Waals surface area contributed by atoms with Crippen LogP contribution in [-0.2, 0) is 6.42 Å². The molecule has 3 nitrogen and oxygen atoms in total. The van der Waals surface area contributed by atoms with Crippen LogP contribution in [0.2, 0.25) is 5.02 Å². The second-order valence-corrected chi connectivity index (χ2v) is 6.71. The van der Waals surface area contributed by atoms with Crippen molar-refractivity contribution in [3.8, 4) is 0 Å². The van der Waals surface area contributed by atoms with Crippen LogP contribution in [0.4, 0.5) is 0 Å². The fraction of sp³-hybridized carbons (Fsp3) is 0.312. The first kappa shape index (κ1) is 17.6. The number of hydrogen-bond acceptors (Lipinski definition) is 2. The highest BCUT2D eigenvalue weighted by atomic mass is 127. The third-order valence-corrected chi connectivity index (χ3v) is 4.79. The van der Waals surface area contributed by atoms with Crippen molar-refractivity contribution in [3.63, 3.8) is 0 Å². The van der Waals surface area contributed by atoms with Crippen LogP contribution in [0.25, 0.3) is 0 Å². The van der Waals surface area contributed by atoms with Gasteiger partial charge in [0.15, 0.2) is 5.96 Å². The van der Waals surface area contributed by atoms with E-state index in [1.807, 2.05) is 18.2 Å². The van der Waals surface area contributed by atoms with Crippen LogP contribution < -0.4 is 11.1 Å². The molecule has 0 spiro atoms. The molecule has 1 aliphatic rings. The molecule has 1 heterocycles. The number of aliphatic imine (C=N–C) groups is 1. The molecule has 2 aromatic rings. The van der Waals surface area contributed by atoms with Crippen molar-refractivity contribution in [1.82, 2.24) is 5.32 Å². The summed E-state index contributed by atoms with van der Waals surface area (Å²) in [6.45, 7) is 0.730. The Morgan fingerprint density at radius 2 is 2.23 bits per heavy atom. The van der Waals surface area contributed by atoms with Gasteiger partial charge in [-0.2, -0.15) is 0 Å². The molecule has 0 radical (unpaired) electrons. The van der Waals surface area contributed by atoms with E-state index in [2.05, 4.69) is 33.9 Å². The maximum Gasteiger partial charge on any atom is 0.188 e. The van der Waals surface area contributed by atoms with Crippen LogP contribution in [0.5, 0.6) is 0 Å². The predicted octanol–water partition coefficient (Wildman–Crippen LogP) is 4.02. The molecule has 0 saturated heterocycles. The molecule has 22 heavy (non-hydrogen) atoms. The van der Waals surface area contributed by atoms with Crippen LogP contribution in [0.3, 0.4) is 0 Å². The zero-order valence-electron chi connectivity index (χ0n) is 12.0. The van der Waals surface area contributed by atoms with Crippen molar-refractivity contribution in [2.24, 2.45) is 10.7 Å². The fourth-order valence-electron chi connectivity index (χ4n) is 2.44. The van der Waals surface area contributed by atoms with E-state index in [4.69, 9.17) is 17.3 Å². The van der Waals surface area contributed by atoms with Crippen molar-refractivity contribution in [3.05, 3.63) is 57.2 Å². The van der Waals surface area contributed by atoms with Gasteiger partial charge in [0.2, 0.25) is 0 Å². The summed E-state index contributed by atoms with van der Waals surface area (Å²) in [4.78, 5) is 5.73. The lowest BCUT2D eigenvalue weighted by atomic mass is 10.1. The maximum absolute atomic E-state index is 6.02. The average Bonchev–Trinajstić information content (AvgIpc) is 3.02. The van der Waals surface area contributed by atoms with Gasteiger partial charge in [-0.25, -0.2) is 0 Å². The number of halogens is 2. The molecule has 3 N–H and O–H groups in total. The molecule has 118 valence electrons. The van der Waals surface area contributed by atoms with Crippen molar-refractivity contribution >= 4 is 52.9 Å². The second-order valence-electron chi connectivity index (χ2n) is 5.24. The second kappa shape index (κ2) is 8.17. The van der Waals surface area contributed by atoms with Crippen LogP contribution in [0.15, 0.2) is 46.8 Å². The van der Waals surface area contributed by atoms with E-state index in [-0.39, 0.29) is 24.0 Å². The summed E-state index contributed by atoms with van der Waals surface area (Å²) >= 11 is 7.78. The van der Waals surface area contributed by atoms with E-state index in [0.717, 1.165) is 24.4 Å². The molecule has 2 atom stereocenters. The Morgan fingerprint density at radius 1 is 1.36 bits per heavy atom. The Hall–Kier alpha value is -0.790. The molecule has 1 fully saturated rings. The number of guanidine groups is 1. The number of thiophene rings is 1. The third-order valence-electron chi connectivity index (χ3n) is 3.62.